The molecule has 0 bridgehead atoms. The molecule has 1 atom stereocenters. The predicted molar refractivity (Wildman–Crippen MR) is 80.8 cm³/mol. The summed E-state index contributed by atoms with van der Waals surface area (Å²) in [4.78, 5) is 2.04. The smallest absolute Gasteiger partial charge is 0.173 e. The number of anilines is 1. The third-order valence-electron chi connectivity index (χ3n) is 3.52. The molecule has 20 heavy (non-hydrogen) atoms. The molecule has 1 heterocycles. The fourth-order valence-corrected chi connectivity index (χ4v) is 2.76. The highest BCUT2D eigenvalue weighted by molar-refractivity contribution is 6.34. The van der Waals surface area contributed by atoms with Crippen molar-refractivity contribution in [2.75, 3.05) is 25.1 Å². The van der Waals surface area contributed by atoms with E-state index in [4.69, 9.17) is 27.3 Å². The minimum atomic E-state index is 0.0158. The molecular formula is C14H20ClN3O2. The van der Waals surface area contributed by atoms with E-state index in [1.54, 1.807) is 6.07 Å². The van der Waals surface area contributed by atoms with Gasteiger partial charge in [-0.05, 0) is 31.4 Å². The lowest BCUT2D eigenvalue weighted by Gasteiger charge is -2.29. The summed E-state index contributed by atoms with van der Waals surface area (Å²) in [6.45, 7) is 1.58. The van der Waals surface area contributed by atoms with E-state index < -0.39 is 0 Å². The molecule has 0 aliphatic carbocycles. The molecule has 0 aromatic heterocycles. The van der Waals surface area contributed by atoms with Crippen LogP contribution in [-0.4, -0.2) is 37.3 Å². The summed E-state index contributed by atoms with van der Waals surface area (Å²) in [5.41, 5.74) is 7.11. The molecule has 1 aromatic carbocycles. The van der Waals surface area contributed by atoms with E-state index in [0.717, 1.165) is 31.7 Å². The Balaban J connectivity index is 2.20. The molecule has 1 aliphatic heterocycles. The Morgan fingerprint density at radius 2 is 2.35 bits per heavy atom. The summed E-state index contributed by atoms with van der Waals surface area (Å²) < 4.78 is 5.74. The Morgan fingerprint density at radius 1 is 1.55 bits per heavy atom. The van der Waals surface area contributed by atoms with Crippen LogP contribution in [0.25, 0.3) is 0 Å². The first-order valence-corrected chi connectivity index (χ1v) is 7.10. The topological polar surface area (TPSA) is 71.1 Å². The van der Waals surface area contributed by atoms with Gasteiger partial charge < -0.3 is 20.6 Å². The Morgan fingerprint density at radius 3 is 3.00 bits per heavy atom. The van der Waals surface area contributed by atoms with Crippen LogP contribution >= 0.6 is 11.6 Å². The zero-order valence-electron chi connectivity index (χ0n) is 11.6. The number of halogens is 1. The molecule has 0 radical (unpaired) electrons. The maximum Gasteiger partial charge on any atom is 0.173 e. The lowest BCUT2D eigenvalue weighted by atomic mass is 10.1. The fraction of sp³-hybridized carbons (Fsp3) is 0.500. The van der Waals surface area contributed by atoms with E-state index in [2.05, 4.69) is 5.16 Å². The number of nitrogens with two attached hydrogens (primary N) is 1. The zero-order valence-corrected chi connectivity index (χ0v) is 12.3. The van der Waals surface area contributed by atoms with Crippen LogP contribution in [0.4, 0.5) is 5.69 Å². The summed E-state index contributed by atoms with van der Waals surface area (Å²) in [6.07, 6.45) is 3.60. The Bertz CT molecular complexity index is 487. The molecule has 1 fully saturated rings. The summed E-state index contributed by atoms with van der Waals surface area (Å²) >= 11 is 6.16. The molecular weight excluding hydrogens is 278 g/mol. The maximum atomic E-state index is 8.90. The van der Waals surface area contributed by atoms with Crippen LogP contribution in [0.1, 0.15) is 24.8 Å². The van der Waals surface area contributed by atoms with Crippen molar-refractivity contribution in [3.8, 4) is 0 Å². The van der Waals surface area contributed by atoms with Gasteiger partial charge in [-0.15, -0.1) is 0 Å². The van der Waals surface area contributed by atoms with Crippen LogP contribution in [-0.2, 0) is 4.74 Å². The quantitative estimate of drug-likeness (QED) is 0.387. The molecule has 2 rings (SSSR count). The first-order valence-electron chi connectivity index (χ1n) is 6.72. The summed E-state index contributed by atoms with van der Waals surface area (Å²) in [5.74, 6) is 0.0158. The highest BCUT2D eigenvalue weighted by atomic mass is 35.5. The maximum absolute atomic E-state index is 8.90. The predicted octanol–water partition coefficient (Wildman–Crippen LogP) is 2.44. The second kappa shape index (κ2) is 6.81. The SMILES string of the molecule is CN(CC1CCCCO1)c1cccc(Cl)c1C(N)=NO. The van der Waals surface area contributed by atoms with Crippen molar-refractivity contribution in [1.82, 2.24) is 0 Å². The normalized spacial score (nSPS) is 19.9. The summed E-state index contributed by atoms with van der Waals surface area (Å²) in [5, 5.41) is 12.4. The minimum Gasteiger partial charge on any atom is -0.409 e. The van der Waals surface area contributed by atoms with Gasteiger partial charge in [0.2, 0.25) is 0 Å². The van der Waals surface area contributed by atoms with Gasteiger partial charge in [-0.2, -0.15) is 0 Å². The van der Waals surface area contributed by atoms with Crippen molar-refractivity contribution in [2.24, 2.45) is 10.9 Å². The monoisotopic (exact) mass is 297 g/mol. The van der Waals surface area contributed by atoms with E-state index in [1.165, 1.54) is 6.42 Å². The lowest BCUT2D eigenvalue weighted by molar-refractivity contribution is 0.0216. The molecule has 3 N–H and O–H groups in total. The van der Waals surface area contributed by atoms with Crippen LogP contribution in [0.3, 0.4) is 0 Å². The van der Waals surface area contributed by atoms with Gasteiger partial charge in [-0.3, -0.25) is 0 Å². The third-order valence-corrected chi connectivity index (χ3v) is 3.83. The Labute approximate surface area is 124 Å². The largest absolute Gasteiger partial charge is 0.409 e. The molecule has 0 spiro atoms. The lowest BCUT2D eigenvalue weighted by Crippen LogP contribution is -2.34. The molecule has 110 valence electrons. The molecule has 5 nitrogen and oxygen atoms in total. The zero-order chi connectivity index (χ0) is 14.5. The number of nitrogens with zero attached hydrogens (tertiary/aromatic N) is 2. The van der Waals surface area contributed by atoms with E-state index in [1.807, 2.05) is 24.1 Å². The van der Waals surface area contributed by atoms with Crippen LogP contribution in [0, 0.1) is 0 Å². The number of benzene rings is 1. The minimum absolute atomic E-state index is 0.0158. The van der Waals surface area contributed by atoms with E-state index in [9.17, 15) is 0 Å². The van der Waals surface area contributed by atoms with E-state index >= 15 is 0 Å². The molecule has 1 saturated heterocycles. The first-order chi connectivity index (χ1) is 9.63. The number of rotatable bonds is 4. The number of oxime groups is 1. The number of ether oxygens (including phenoxy) is 1. The fourth-order valence-electron chi connectivity index (χ4n) is 2.49. The molecule has 1 aromatic rings. The molecule has 1 unspecified atom stereocenters. The summed E-state index contributed by atoms with van der Waals surface area (Å²) in [7, 11) is 1.96. The van der Waals surface area contributed by atoms with Gasteiger partial charge in [0.15, 0.2) is 5.84 Å². The van der Waals surface area contributed by atoms with E-state index in [0.29, 0.717) is 10.6 Å². The summed E-state index contributed by atoms with van der Waals surface area (Å²) in [6, 6.07) is 5.48. The van der Waals surface area contributed by atoms with Gasteiger partial charge in [0.25, 0.3) is 0 Å². The average Bonchev–Trinajstić information content (AvgIpc) is 2.47. The van der Waals surface area contributed by atoms with Gasteiger partial charge in [-0.1, -0.05) is 22.8 Å². The van der Waals surface area contributed by atoms with Gasteiger partial charge in [-0.25, -0.2) is 0 Å². The van der Waals surface area contributed by atoms with Crippen LogP contribution in [0.5, 0.6) is 0 Å². The van der Waals surface area contributed by atoms with E-state index in [-0.39, 0.29) is 11.9 Å². The second-order valence-corrected chi connectivity index (χ2v) is 5.40. The highest BCUT2D eigenvalue weighted by Crippen LogP contribution is 2.27. The molecule has 6 heteroatoms. The number of amidine groups is 1. The Kier molecular flexibility index (Phi) is 5.09. The van der Waals surface area contributed by atoms with Crippen molar-refractivity contribution in [2.45, 2.75) is 25.4 Å². The second-order valence-electron chi connectivity index (χ2n) is 4.99. The van der Waals surface area contributed by atoms with Gasteiger partial charge >= 0.3 is 0 Å². The molecule has 0 amide bonds. The highest BCUT2D eigenvalue weighted by Gasteiger charge is 2.19. The third kappa shape index (κ3) is 3.35. The molecule has 0 saturated carbocycles. The Hall–Kier alpha value is -1.46. The van der Waals surface area contributed by atoms with Crippen LogP contribution in [0.15, 0.2) is 23.4 Å². The van der Waals surface area contributed by atoms with Gasteiger partial charge in [0, 0.05) is 25.9 Å². The van der Waals surface area contributed by atoms with Gasteiger partial charge in [0.1, 0.15) is 0 Å². The number of hydrogen-bond donors (Lipinski definition) is 2. The number of likely N-dealkylation sites (N-methyl/N-ethyl adjacent to an activating group) is 1. The van der Waals surface area contributed by atoms with Crippen molar-refractivity contribution in [3.05, 3.63) is 28.8 Å². The average molecular weight is 298 g/mol. The van der Waals surface area contributed by atoms with Crippen molar-refractivity contribution >= 4 is 23.1 Å². The van der Waals surface area contributed by atoms with Crippen LogP contribution < -0.4 is 10.6 Å². The molecule has 1 aliphatic rings. The van der Waals surface area contributed by atoms with Crippen molar-refractivity contribution in [1.29, 1.82) is 0 Å². The van der Waals surface area contributed by atoms with Gasteiger partial charge in [0.05, 0.1) is 16.7 Å². The number of hydrogen-bond acceptors (Lipinski definition) is 4. The first kappa shape index (κ1) is 14.9. The standard InChI is InChI=1S/C14H20ClN3O2/c1-18(9-10-5-2-3-8-20-10)12-7-4-6-11(15)13(12)14(16)17-19/h4,6-7,10,19H,2-3,5,8-9H2,1H3,(H2,16,17). The van der Waals surface area contributed by atoms with Crippen molar-refractivity contribution < 1.29 is 9.94 Å². The van der Waals surface area contributed by atoms with Crippen LogP contribution in [0.2, 0.25) is 5.02 Å². The van der Waals surface area contributed by atoms with Crippen molar-refractivity contribution in [3.63, 3.8) is 0 Å².